The maximum absolute atomic E-state index is 10.8. The number of nitriles is 1. The molecule has 158 valence electrons. The quantitative estimate of drug-likeness (QED) is 0.163. The summed E-state index contributed by atoms with van der Waals surface area (Å²) >= 11 is 6.07. The number of aryl methyl sites for hydroxylation is 1. The molecule has 2 rings (SSSR count). The summed E-state index contributed by atoms with van der Waals surface area (Å²) in [6.45, 7) is 5.75. The van der Waals surface area contributed by atoms with Crippen molar-refractivity contribution >= 4 is 34.4 Å². The molecule has 7 nitrogen and oxygen atoms in total. The van der Waals surface area contributed by atoms with Crippen molar-refractivity contribution in [1.29, 1.82) is 5.26 Å². The molecule has 2 aromatic rings. The Bertz CT molecular complexity index is 940. The summed E-state index contributed by atoms with van der Waals surface area (Å²) in [4.78, 5) is 12.5. The minimum Gasteiger partial charge on any atom is -0.370 e. The minimum absolute atomic E-state index is 0.0871. The van der Waals surface area contributed by atoms with Crippen molar-refractivity contribution in [2.45, 2.75) is 46.0 Å². The fourth-order valence-electron chi connectivity index (χ4n) is 3.03. The van der Waals surface area contributed by atoms with Gasteiger partial charge < -0.3 is 4.90 Å². The van der Waals surface area contributed by atoms with E-state index < -0.39 is 4.92 Å². The number of hydrogen-bond donors (Lipinski definition) is 0. The molecule has 0 N–H and O–H groups in total. The van der Waals surface area contributed by atoms with Crippen LogP contribution in [0, 0.1) is 28.4 Å². The van der Waals surface area contributed by atoms with Gasteiger partial charge in [-0.2, -0.15) is 10.4 Å². The molecule has 0 heterocycles. The maximum Gasteiger partial charge on any atom is 0.271 e. The summed E-state index contributed by atoms with van der Waals surface area (Å²) in [5, 5.41) is 28.4. The van der Waals surface area contributed by atoms with Crippen molar-refractivity contribution in [2.75, 3.05) is 18.0 Å². The Morgan fingerprint density at radius 3 is 2.47 bits per heavy atom. The van der Waals surface area contributed by atoms with Gasteiger partial charge >= 0.3 is 0 Å². The molecule has 0 atom stereocenters. The largest absolute Gasteiger partial charge is 0.370 e. The van der Waals surface area contributed by atoms with Gasteiger partial charge in [-0.3, -0.25) is 10.1 Å². The van der Waals surface area contributed by atoms with Crippen molar-refractivity contribution in [3.8, 4) is 6.07 Å². The zero-order valence-corrected chi connectivity index (χ0v) is 18.1. The van der Waals surface area contributed by atoms with Crippen LogP contribution in [0.1, 0.15) is 44.6 Å². The summed E-state index contributed by atoms with van der Waals surface area (Å²) in [5.74, 6) is 0. The predicted octanol–water partition coefficient (Wildman–Crippen LogP) is 7.27. The Morgan fingerprint density at radius 2 is 1.83 bits per heavy atom. The lowest BCUT2D eigenvalue weighted by Gasteiger charge is -2.24. The van der Waals surface area contributed by atoms with Crippen molar-refractivity contribution < 1.29 is 4.92 Å². The lowest BCUT2D eigenvalue weighted by molar-refractivity contribution is -0.384. The highest BCUT2D eigenvalue weighted by Crippen LogP contribution is 2.32. The topological polar surface area (TPSA) is 94.9 Å². The summed E-state index contributed by atoms with van der Waals surface area (Å²) in [5.41, 5.74) is 2.99. The normalized spacial score (nSPS) is 10.9. The van der Waals surface area contributed by atoms with Gasteiger partial charge in [0.2, 0.25) is 0 Å². The molecule has 0 aromatic heterocycles. The number of nitro groups is 1. The molecule has 0 aliphatic rings. The number of halogens is 1. The Balaban J connectivity index is 2.15. The second-order valence-electron chi connectivity index (χ2n) is 7.02. The van der Waals surface area contributed by atoms with Gasteiger partial charge in [-0.15, -0.1) is 5.11 Å². The van der Waals surface area contributed by atoms with Crippen LogP contribution in [0.2, 0.25) is 5.02 Å². The van der Waals surface area contributed by atoms with Crippen LogP contribution in [-0.2, 0) is 0 Å². The number of nitrogens with zero attached hydrogens (tertiary/aromatic N) is 5. The number of nitro benzene ring substituents is 1. The third kappa shape index (κ3) is 6.82. The van der Waals surface area contributed by atoms with Crippen LogP contribution >= 0.6 is 11.6 Å². The maximum atomic E-state index is 10.8. The van der Waals surface area contributed by atoms with Gasteiger partial charge in [0.25, 0.3) is 5.69 Å². The first-order valence-corrected chi connectivity index (χ1v) is 10.4. The Hall–Kier alpha value is -2.98. The monoisotopic (exact) mass is 427 g/mol. The smallest absolute Gasteiger partial charge is 0.271 e. The summed E-state index contributed by atoms with van der Waals surface area (Å²) < 4.78 is 0. The first-order valence-electron chi connectivity index (χ1n) is 10.0. The van der Waals surface area contributed by atoms with Crippen LogP contribution in [0.4, 0.5) is 22.7 Å². The highest BCUT2D eigenvalue weighted by molar-refractivity contribution is 6.33. The number of azo groups is 1. The van der Waals surface area contributed by atoms with E-state index in [1.165, 1.54) is 37.5 Å². The van der Waals surface area contributed by atoms with E-state index in [0.29, 0.717) is 24.3 Å². The van der Waals surface area contributed by atoms with Gasteiger partial charge in [-0.1, -0.05) is 37.8 Å². The third-order valence-electron chi connectivity index (χ3n) is 4.73. The Kier molecular flexibility index (Phi) is 9.23. The fraction of sp³-hybridized carbons (Fsp3) is 0.409. The number of rotatable bonds is 11. The van der Waals surface area contributed by atoms with E-state index in [4.69, 9.17) is 16.9 Å². The van der Waals surface area contributed by atoms with Crippen LogP contribution in [0.15, 0.2) is 46.6 Å². The minimum atomic E-state index is -0.504. The molecule has 30 heavy (non-hydrogen) atoms. The zero-order valence-electron chi connectivity index (χ0n) is 17.3. The van der Waals surface area contributed by atoms with Crippen LogP contribution in [0.3, 0.4) is 0 Å². The molecule has 0 amide bonds. The molecular formula is C22H26ClN5O2. The molecule has 0 radical (unpaired) electrons. The first kappa shape index (κ1) is 23.3. The highest BCUT2D eigenvalue weighted by atomic mass is 35.5. The van der Waals surface area contributed by atoms with Crippen LogP contribution in [0.5, 0.6) is 0 Å². The number of hydrogen-bond acceptors (Lipinski definition) is 6. The fourth-order valence-corrected chi connectivity index (χ4v) is 3.24. The number of non-ortho nitro benzene ring substituents is 1. The molecule has 0 bridgehead atoms. The van der Waals surface area contributed by atoms with Crippen molar-refractivity contribution in [2.24, 2.45) is 10.2 Å². The highest BCUT2D eigenvalue weighted by Gasteiger charge is 2.10. The molecule has 0 saturated heterocycles. The second kappa shape index (κ2) is 11.9. The number of unbranched alkanes of at least 4 members (excludes halogenated alkanes) is 3. The van der Waals surface area contributed by atoms with Gasteiger partial charge in [0, 0.05) is 30.9 Å². The average molecular weight is 428 g/mol. The van der Waals surface area contributed by atoms with Gasteiger partial charge in [0.15, 0.2) is 0 Å². The number of benzene rings is 2. The predicted molar refractivity (Wildman–Crippen MR) is 120 cm³/mol. The summed E-state index contributed by atoms with van der Waals surface area (Å²) in [6, 6.07) is 12.2. The van der Waals surface area contributed by atoms with E-state index in [1.54, 1.807) is 0 Å². The molecule has 0 saturated carbocycles. The van der Waals surface area contributed by atoms with Gasteiger partial charge in [-0.05, 0) is 43.2 Å². The van der Waals surface area contributed by atoms with Gasteiger partial charge in [0.1, 0.15) is 5.69 Å². The molecule has 0 spiro atoms. The lowest BCUT2D eigenvalue weighted by atomic mass is 10.1. The molecule has 0 aliphatic heterocycles. The number of anilines is 1. The summed E-state index contributed by atoms with van der Waals surface area (Å²) in [7, 11) is 0. The van der Waals surface area contributed by atoms with Crippen molar-refractivity contribution in [3.63, 3.8) is 0 Å². The van der Waals surface area contributed by atoms with E-state index in [-0.39, 0.29) is 10.7 Å². The third-order valence-corrected chi connectivity index (χ3v) is 5.03. The SMILES string of the molecule is CCCCCCN(CCC#N)c1ccc(N=Nc2ccc([N+](=O)[O-])cc2Cl)c(C)c1. The standard InChI is InChI=1S/C22H26ClN5O2/c1-3-4-5-6-13-27(14-7-12-24)18-8-10-21(17(2)15-18)25-26-22-11-9-19(28(29)30)16-20(22)23/h8-11,15-16H,3-7,13-14H2,1-2H3. The Labute approximate surface area is 182 Å². The molecule has 2 aromatic carbocycles. The van der Waals surface area contributed by atoms with Gasteiger partial charge in [-0.25, -0.2) is 0 Å². The Morgan fingerprint density at radius 1 is 1.10 bits per heavy atom. The molecular weight excluding hydrogens is 402 g/mol. The van der Waals surface area contributed by atoms with E-state index in [0.717, 1.165) is 24.2 Å². The van der Waals surface area contributed by atoms with Crippen LogP contribution in [-0.4, -0.2) is 18.0 Å². The van der Waals surface area contributed by atoms with Crippen molar-refractivity contribution in [3.05, 3.63) is 57.1 Å². The molecule has 0 unspecified atom stereocenters. The first-order chi connectivity index (χ1) is 14.5. The zero-order chi connectivity index (χ0) is 21.9. The second-order valence-corrected chi connectivity index (χ2v) is 7.43. The van der Waals surface area contributed by atoms with E-state index in [1.807, 2.05) is 25.1 Å². The van der Waals surface area contributed by atoms with Crippen molar-refractivity contribution in [1.82, 2.24) is 0 Å². The molecule has 0 fully saturated rings. The van der Waals surface area contributed by atoms with E-state index >= 15 is 0 Å². The van der Waals surface area contributed by atoms with E-state index in [9.17, 15) is 10.1 Å². The summed E-state index contributed by atoms with van der Waals surface area (Å²) in [6.07, 6.45) is 5.16. The van der Waals surface area contributed by atoms with E-state index in [2.05, 4.69) is 28.1 Å². The lowest BCUT2D eigenvalue weighted by Crippen LogP contribution is -2.25. The molecule has 8 heteroatoms. The van der Waals surface area contributed by atoms with Gasteiger partial charge in [0.05, 0.1) is 28.1 Å². The van der Waals surface area contributed by atoms with Crippen LogP contribution in [0.25, 0.3) is 0 Å². The molecule has 0 aliphatic carbocycles. The average Bonchev–Trinajstić information content (AvgIpc) is 2.73. The van der Waals surface area contributed by atoms with Crippen LogP contribution < -0.4 is 4.90 Å².